The second-order valence-electron chi connectivity index (χ2n) is 6.27. The second kappa shape index (κ2) is 10.8. The zero-order valence-electron chi connectivity index (χ0n) is 15.8. The number of para-hydroxylation sites is 1. The summed E-state index contributed by atoms with van der Waals surface area (Å²) in [5.41, 5.74) is 0.261. The number of benzene rings is 1. The third-order valence-electron chi connectivity index (χ3n) is 4.31. The van der Waals surface area contributed by atoms with Crippen LogP contribution in [0, 0.1) is 0 Å². The Labute approximate surface area is 181 Å². The molecule has 1 unspecified atom stereocenters. The number of aromatic nitrogens is 3. The third kappa shape index (κ3) is 5.81. The molecule has 0 spiro atoms. The van der Waals surface area contributed by atoms with E-state index < -0.39 is 0 Å². The molecule has 1 aromatic heterocycles. The molecular formula is C18H26IN7O2. The first kappa shape index (κ1) is 21.9. The van der Waals surface area contributed by atoms with Crippen LogP contribution in [0.4, 0.5) is 0 Å². The first-order valence-electron chi connectivity index (χ1n) is 9.15. The Balaban J connectivity index is 0.00000280. The predicted molar refractivity (Wildman–Crippen MR) is 117 cm³/mol. The summed E-state index contributed by atoms with van der Waals surface area (Å²) >= 11 is 0. The highest BCUT2D eigenvalue weighted by Crippen LogP contribution is 2.14. The molecule has 1 aliphatic heterocycles. The first-order chi connectivity index (χ1) is 13.2. The summed E-state index contributed by atoms with van der Waals surface area (Å²) in [5, 5.41) is 23.3. The number of aryl methyl sites for hydroxylation is 1. The van der Waals surface area contributed by atoms with Crippen molar-refractivity contribution in [1.29, 1.82) is 0 Å². The Hall–Kier alpha value is -2.37. The molecule has 0 aliphatic carbocycles. The summed E-state index contributed by atoms with van der Waals surface area (Å²) in [7, 11) is 0. The van der Waals surface area contributed by atoms with E-state index in [1.165, 1.54) is 6.07 Å². The minimum absolute atomic E-state index is 0. The SMILES string of the molecule is CCNC(=NCCNC(=O)c1ccccc1O)NC1CCc2ncnn2C1.I. The van der Waals surface area contributed by atoms with Crippen molar-refractivity contribution in [2.45, 2.75) is 32.4 Å². The lowest BCUT2D eigenvalue weighted by Gasteiger charge is -2.25. The van der Waals surface area contributed by atoms with Crippen molar-refractivity contribution >= 4 is 35.8 Å². The van der Waals surface area contributed by atoms with E-state index in [0.29, 0.717) is 19.0 Å². The van der Waals surface area contributed by atoms with E-state index in [4.69, 9.17) is 0 Å². The summed E-state index contributed by atoms with van der Waals surface area (Å²) < 4.78 is 1.91. The Morgan fingerprint density at radius 1 is 1.36 bits per heavy atom. The van der Waals surface area contributed by atoms with Gasteiger partial charge in [0.05, 0.1) is 18.7 Å². The van der Waals surface area contributed by atoms with Crippen molar-refractivity contribution in [2.24, 2.45) is 4.99 Å². The van der Waals surface area contributed by atoms with Crippen molar-refractivity contribution in [2.75, 3.05) is 19.6 Å². The number of carbonyl (C=O) groups excluding carboxylic acids is 1. The van der Waals surface area contributed by atoms with E-state index in [9.17, 15) is 9.90 Å². The number of fused-ring (bicyclic) bond motifs is 1. The molecule has 3 rings (SSSR count). The number of hydrogen-bond acceptors (Lipinski definition) is 5. The molecule has 1 amide bonds. The van der Waals surface area contributed by atoms with Crippen LogP contribution in [0.2, 0.25) is 0 Å². The molecule has 9 nitrogen and oxygen atoms in total. The number of rotatable bonds is 6. The zero-order chi connectivity index (χ0) is 19.1. The Morgan fingerprint density at radius 3 is 2.96 bits per heavy atom. The quantitative estimate of drug-likeness (QED) is 0.203. The highest BCUT2D eigenvalue weighted by molar-refractivity contribution is 14.0. The van der Waals surface area contributed by atoms with Gasteiger partial charge < -0.3 is 21.1 Å². The zero-order valence-corrected chi connectivity index (χ0v) is 18.1. The molecule has 10 heteroatoms. The molecule has 0 saturated carbocycles. The maximum Gasteiger partial charge on any atom is 0.255 e. The van der Waals surface area contributed by atoms with Gasteiger partial charge in [0.1, 0.15) is 17.9 Å². The Kier molecular flexibility index (Phi) is 8.48. The minimum atomic E-state index is -0.313. The van der Waals surface area contributed by atoms with Gasteiger partial charge in [-0.1, -0.05) is 12.1 Å². The van der Waals surface area contributed by atoms with E-state index in [1.54, 1.807) is 24.5 Å². The maximum atomic E-state index is 12.1. The summed E-state index contributed by atoms with van der Waals surface area (Å²) in [6, 6.07) is 6.70. The van der Waals surface area contributed by atoms with Crippen molar-refractivity contribution in [3.63, 3.8) is 0 Å². The van der Waals surface area contributed by atoms with Crippen LogP contribution in [0.5, 0.6) is 5.75 Å². The van der Waals surface area contributed by atoms with Crippen LogP contribution in [0.3, 0.4) is 0 Å². The highest BCUT2D eigenvalue weighted by atomic mass is 127. The number of guanidine groups is 1. The van der Waals surface area contributed by atoms with Crippen LogP contribution < -0.4 is 16.0 Å². The molecule has 28 heavy (non-hydrogen) atoms. The van der Waals surface area contributed by atoms with Gasteiger partial charge in [0.25, 0.3) is 5.91 Å². The smallest absolute Gasteiger partial charge is 0.255 e. The maximum absolute atomic E-state index is 12.1. The first-order valence-corrected chi connectivity index (χ1v) is 9.15. The molecule has 0 fully saturated rings. The van der Waals surface area contributed by atoms with E-state index in [-0.39, 0.29) is 47.2 Å². The number of carbonyl (C=O) groups is 1. The van der Waals surface area contributed by atoms with Crippen molar-refractivity contribution in [3.05, 3.63) is 42.0 Å². The molecule has 4 N–H and O–H groups in total. The van der Waals surface area contributed by atoms with E-state index in [0.717, 1.165) is 31.8 Å². The largest absolute Gasteiger partial charge is 0.507 e. The number of amides is 1. The second-order valence-corrected chi connectivity index (χ2v) is 6.27. The lowest BCUT2D eigenvalue weighted by atomic mass is 10.1. The van der Waals surface area contributed by atoms with Gasteiger partial charge in [0.2, 0.25) is 0 Å². The van der Waals surface area contributed by atoms with Gasteiger partial charge in [-0.2, -0.15) is 5.10 Å². The number of nitrogens with zero attached hydrogens (tertiary/aromatic N) is 4. The predicted octanol–water partition coefficient (Wildman–Crippen LogP) is 0.902. The molecule has 2 heterocycles. The average Bonchev–Trinajstić information content (AvgIpc) is 3.13. The number of phenols is 1. The number of phenolic OH excluding ortho intramolecular Hbond substituents is 1. The molecule has 1 aliphatic rings. The van der Waals surface area contributed by atoms with Gasteiger partial charge in [0.15, 0.2) is 5.96 Å². The monoisotopic (exact) mass is 499 g/mol. The molecule has 0 saturated heterocycles. The van der Waals surface area contributed by atoms with Gasteiger partial charge in [-0.25, -0.2) is 9.67 Å². The summed E-state index contributed by atoms with van der Waals surface area (Å²) in [6.07, 6.45) is 3.44. The number of aliphatic imine (C=N–C) groups is 1. The van der Waals surface area contributed by atoms with Gasteiger partial charge in [-0.15, -0.1) is 24.0 Å². The van der Waals surface area contributed by atoms with Gasteiger partial charge in [-0.05, 0) is 25.5 Å². The van der Waals surface area contributed by atoms with Crippen molar-refractivity contribution in [1.82, 2.24) is 30.7 Å². The van der Waals surface area contributed by atoms with Crippen LogP contribution in [-0.4, -0.2) is 57.4 Å². The number of aromatic hydroxyl groups is 1. The van der Waals surface area contributed by atoms with Crippen LogP contribution in [-0.2, 0) is 13.0 Å². The summed E-state index contributed by atoms with van der Waals surface area (Å²) in [5.74, 6) is 1.38. The van der Waals surface area contributed by atoms with Crippen molar-refractivity contribution in [3.8, 4) is 5.75 Å². The molecule has 0 radical (unpaired) electrons. The van der Waals surface area contributed by atoms with Crippen LogP contribution in [0.25, 0.3) is 0 Å². The standard InChI is InChI=1S/C18H25N7O2.HI/c1-2-19-18(24-13-7-8-16-22-12-23-25(16)11-13)21-10-9-20-17(27)14-5-3-4-6-15(14)26;/h3-6,12-13,26H,2,7-11H2,1H3,(H,20,27)(H2,19,21,24);1H. The van der Waals surface area contributed by atoms with Gasteiger partial charge >= 0.3 is 0 Å². The fourth-order valence-corrected chi connectivity index (χ4v) is 2.97. The summed E-state index contributed by atoms with van der Waals surface area (Å²) in [4.78, 5) is 20.8. The van der Waals surface area contributed by atoms with Crippen LogP contribution in [0.15, 0.2) is 35.6 Å². The summed E-state index contributed by atoms with van der Waals surface area (Å²) in [6.45, 7) is 4.31. The average molecular weight is 499 g/mol. The van der Waals surface area contributed by atoms with Crippen LogP contribution >= 0.6 is 24.0 Å². The number of hydrogen-bond donors (Lipinski definition) is 4. The fourth-order valence-electron chi connectivity index (χ4n) is 2.97. The highest BCUT2D eigenvalue weighted by Gasteiger charge is 2.20. The molecule has 1 atom stereocenters. The fraction of sp³-hybridized carbons (Fsp3) is 0.444. The van der Waals surface area contributed by atoms with Gasteiger partial charge in [0, 0.05) is 25.6 Å². The third-order valence-corrected chi connectivity index (χ3v) is 4.31. The molecule has 0 bridgehead atoms. The molecule has 1 aromatic carbocycles. The lowest BCUT2D eigenvalue weighted by molar-refractivity contribution is 0.0952. The Bertz CT molecular complexity index is 809. The van der Waals surface area contributed by atoms with E-state index in [1.807, 2.05) is 11.6 Å². The number of nitrogens with one attached hydrogen (secondary N) is 3. The molecule has 2 aromatic rings. The van der Waals surface area contributed by atoms with Crippen molar-refractivity contribution < 1.29 is 9.90 Å². The van der Waals surface area contributed by atoms with E-state index in [2.05, 4.69) is 31.0 Å². The molecule has 152 valence electrons. The minimum Gasteiger partial charge on any atom is -0.507 e. The molecular weight excluding hydrogens is 473 g/mol. The topological polar surface area (TPSA) is 116 Å². The normalized spacial score (nSPS) is 15.9. The number of halogens is 1. The lowest BCUT2D eigenvalue weighted by Crippen LogP contribution is -2.47. The van der Waals surface area contributed by atoms with Gasteiger partial charge in [-0.3, -0.25) is 9.79 Å². The Morgan fingerprint density at radius 2 is 2.18 bits per heavy atom. The van der Waals surface area contributed by atoms with E-state index >= 15 is 0 Å². The van der Waals surface area contributed by atoms with Crippen LogP contribution in [0.1, 0.15) is 29.5 Å².